The van der Waals surface area contributed by atoms with E-state index in [0.29, 0.717) is 0 Å². The van der Waals surface area contributed by atoms with E-state index in [1.165, 1.54) is 0 Å². The summed E-state index contributed by atoms with van der Waals surface area (Å²) in [6.45, 7) is 46.7. The molecule has 1 heterocycles. The first-order valence-electron chi connectivity index (χ1n) is 10.0. The Morgan fingerprint density at radius 3 is 0.250 bits per heavy atom. The van der Waals surface area contributed by atoms with Gasteiger partial charge in [-0.25, -0.2) is 0 Å². The van der Waals surface area contributed by atoms with E-state index in [-0.39, 0.29) is 0 Å². The van der Waals surface area contributed by atoms with Gasteiger partial charge in [-0.15, -0.1) is 0 Å². The summed E-state index contributed by atoms with van der Waals surface area (Å²) < 4.78 is 0. The van der Waals surface area contributed by atoms with Crippen LogP contribution in [0.25, 0.3) is 0 Å². The number of hydrogen-bond donors (Lipinski definition) is 0. The molecule has 144 valence electrons. The molecule has 0 bridgehead atoms. The molecule has 8 heteroatoms. The van der Waals surface area contributed by atoms with Gasteiger partial charge < -0.3 is 0 Å². The lowest BCUT2D eigenvalue weighted by Gasteiger charge is -2.72. The van der Waals surface area contributed by atoms with Crippen molar-refractivity contribution in [2.24, 2.45) is 0 Å². The number of rotatable bonds is 0. The van der Waals surface area contributed by atoms with E-state index in [1.807, 2.05) is 0 Å². The Hall–Kier alpha value is 1.74. The molecule has 0 aromatic carbocycles. The molecule has 1 rings (SSSR count). The van der Waals surface area contributed by atoms with E-state index in [2.05, 4.69) is 105 Å². The highest BCUT2D eigenvalue weighted by Crippen LogP contribution is 2.51. The third-order valence-corrected chi connectivity index (χ3v) is 220. The Morgan fingerprint density at radius 1 is 0.167 bits per heavy atom. The van der Waals surface area contributed by atoms with Crippen LogP contribution in [0.3, 0.4) is 0 Å². The molecular weight excluding hydrogens is 417 g/mol. The molecule has 0 N–H and O–H groups in total. The lowest BCUT2D eigenvalue weighted by Crippen LogP contribution is -3.00. The molecule has 0 radical (unpaired) electrons. The zero-order valence-electron chi connectivity index (χ0n) is 20.0. The van der Waals surface area contributed by atoms with Crippen molar-refractivity contribution < 1.29 is 0 Å². The molecule has 1 aliphatic heterocycles. The van der Waals surface area contributed by atoms with E-state index >= 15 is 0 Å². The molecule has 0 aliphatic carbocycles. The second-order valence-electron chi connectivity index (χ2n) is 13.0. The fraction of sp³-hybridized carbons (Fsp3) is 1.00. The SMILES string of the molecule is C[Si]1(C)[Si](C)(C)[Si](C)(C)[Si](C)(C)[Si](C)(C)[Si](C)(C)[Si](C)(C)[Si]1(C)C. The predicted molar refractivity (Wildman–Crippen MR) is 140 cm³/mol. The highest BCUT2D eigenvalue weighted by Gasteiger charge is 2.76. The van der Waals surface area contributed by atoms with Gasteiger partial charge in [0.2, 0.25) is 0 Å². The van der Waals surface area contributed by atoms with Crippen molar-refractivity contribution in [3.05, 3.63) is 0 Å². The van der Waals surface area contributed by atoms with Crippen LogP contribution in [0, 0.1) is 0 Å². The van der Waals surface area contributed by atoms with Gasteiger partial charge in [0.05, 0.1) is 0 Å². The molecule has 1 saturated heterocycles. The van der Waals surface area contributed by atoms with Gasteiger partial charge in [0, 0.05) is 56.9 Å². The summed E-state index contributed by atoms with van der Waals surface area (Å²) >= 11 is 0. The van der Waals surface area contributed by atoms with Gasteiger partial charge in [-0.2, -0.15) is 0 Å². The molecule has 24 heavy (non-hydrogen) atoms. The van der Waals surface area contributed by atoms with Crippen molar-refractivity contribution in [2.75, 3.05) is 0 Å². The maximum Gasteiger partial charge on any atom is 0.0307 e. The molecule has 0 spiro atoms. The molecule has 0 atom stereocenters. The molecular formula is C16H48Si8. The van der Waals surface area contributed by atoms with Gasteiger partial charge in [0.15, 0.2) is 0 Å². The molecule has 0 amide bonds. The van der Waals surface area contributed by atoms with Crippen LogP contribution in [0.1, 0.15) is 0 Å². The summed E-state index contributed by atoms with van der Waals surface area (Å²) in [5.41, 5.74) is 0. The lowest BCUT2D eigenvalue weighted by molar-refractivity contribution is 1.71. The van der Waals surface area contributed by atoms with Crippen LogP contribution < -0.4 is 0 Å². The van der Waals surface area contributed by atoms with E-state index in [1.54, 1.807) is 0 Å². The molecule has 0 aromatic heterocycles. The molecule has 1 fully saturated rings. The molecule has 0 unspecified atom stereocenters. The molecule has 0 nitrogen and oxygen atoms in total. The van der Waals surface area contributed by atoms with E-state index in [4.69, 9.17) is 0 Å². The van der Waals surface area contributed by atoms with Crippen molar-refractivity contribution in [3.8, 4) is 0 Å². The lowest BCUT2D eigenvalue weighted by atomic mass is 11.9. The minimum Gasteiger partial charge on any atom is -0.0735 e. The van der Waals surface area contributed by atoms with Gasteiger partial charge >= 0.3 is 0 Å². The van der Waals surface area contributed by atoms with Crippen LogP contribution in [-0.2, 0) is 0 Å². The van der Waals surface area contributed by atoms with Crippen molar-refractivity contribution in [1.82, 2.24) is 0 Å². The maximum atomic E-state index is 2.92. The standard InChI is InChI=1S/C16H48Si8/c1-17(2)18(3,4)20(7,8)22(11,12)24(15,16)23(13,14)21(9,10)19(17,5)6/h1-16H3. The topological polar surface area (TPSA) is 0 Å². The summed E-state index contributed by atoms with van der Waals surface area (Å²) in [5, 5.41) is 0. The summed E-state index contributed by atoms with van der Waals surface area (Å²) in [6.07, 6.45) is 0. The fourth-order valence-corrected chi connectivity index (χ4v) is 331. The van der Waals surface area contributed by atoms with Crippen LogP contribution in [0.15, 0.2) is 0 Å². The largest absolute Gasteiger partial charge is 0.0735 e. The molecule has 0 saturated carbocycles. The Kier molecular flexibility index (Phi) is 5.58. The smallest absolute Gasteiger partial charge is 0.0307 e. The summed E-state index contributed by atoms with van der Waals surface area (Å²) in [7, 11) is -9.17. The second kappa shape index (κ2) is 5.63. The van der Waals surface area contributed by atoms with Crippen LogP contribution in [0.5, 0.6) is 0 Å². The highest BCUT2D eigenvalue weighted by atomic mass is 30.2. The monoisotopic (exact) mass is 464 g/mol. The van der Waals surface area contributed by atoms with E-state index in [0.717, 1.165) is 0 Å². The number of hydrogen-bond acceptors (Lipinski definition) is 0. The van der Waals surface area contributed by atoms with Gasteiger partial charge in [-0.05, 0) is 0 Å². The average molecular weight is 465 g/mol. The van der Waals surface area contributed by atoms with Gasteiger partial charge in [-0.3, -0.25) is 0 Å². The third-order valence-electron chi connectivity index (χ3n) is 12.5. The van der Waals surface area contributed by atoms with Crippen LogP contribution >= 0.6 is 0 Å². The molecule has 1 aliphatic rings. The van der Waals surface area contributed by atoms with Crippen molar-refractivity contribution in [2.45, 2.75) is 105 Å². The van der Waals surface area contributed by atoms with Crippen molar-refractivity contribution in [3.63, 3.8) is 0 Å². The van der Waals surface area contributed by atoms with Crippen LogP contribution in [0.4, 0.5) is 0 Å². The summed E-state index contributed by atoms with van der Waals surface area (Å²) in [4.78, 5) is 0. The Morgan fingerprint density at radius 2 is 0.208 bits per heavy atom. The predicted octanol–water partition coefficient (Wildman–Crippen LogP) is 6.29. The Labute approximate surface area is 161 Å². The van der Waals surface area contributed by atoms with E-state index < -0.39 is 56.9 Å². The zero-order valence-corrected chi connectivity index (χ0v) is 28.0. The average Bonchev–Trinajstić information content (AvgIpc) is 2.35. The third kappa shape index (κ3) is 2.26. The zero-order chi connectivity index (χ0) is 20.0. The second-order valence-corrected chi connectivity index (χ2v) is 111. The van der Waals surface area contributed by atoms with Crippen LogP contribution in [-0.4, -0.2) is 56.9 Å². The van der Waals surface area contributed by atoms with Crippen molar-refractivity contribution >= 4 is 56.9 Å². The Bertz CT molecular complexity index is 350. The minimum absolute atomic E-state index is 1.15. The quantitative estimate of drug-likeness (QED) is 0.369. The van der Waals surface area contributed by atoms with Gasteiger partial charge in [0.25, 0.3) is 0 Å². The highest BCUT2D eigenvalue weighted by molar-refractivity contribution is 8.13. The fourth-order valence-electron chi connectivity index (χ4n) is 6.25. The maximum absolute atomic E-state index is 2.92. The summed E-state index contributed by atoms with van der Waals surface area (Å²) in [5.74, 6) is 0. The first kappa shape index (κ1) is 23.8. The van der Waals surface area contributed by atoms with E-state index in [9.17, 15) is 0 Å². The van der Waals surface area contributed by atoms with Gasteiger partial charge in [0.1, 0.15) is 0 Å². The first-order chi connectivity index (χ1) is 10.0. The summed E-state index contributed by atoms with van der Waals surface area (Å²) in [6, 6.07) is 0. The first-order valence-corrected chi connectivity index (χ1v) is 42.0. The Balaban J connectivity index is 4.09. The minimum atomic E-state index is -1.15. The van der Waals surface area contributed by atoms with Crippen LogP contribution in [0.2, 0.25) is 105 Å². The normalized spacial score (nSPS) is 34.0. The van der Waals surface area contributed by atoms with Crippen molar-refractivity contribution in [1.29, 1.82) is 0 Å². The molecule has 0 aromatic rings. The van der Waals surface area contributed by atoms with Gasteiger partial charge in [-0.1, -0.05) is 105 Å².